The van der Waals surface area contributed by atoms with Crippen molar-refractivity contribution >= 4 is 60.8 Å². The van der Waals surface area contributed by atoms with E-state index in [1.165, 1.54) is 0 Å². The molecule has 0 radical (unpaired) electrons. The highest BCUT2D eigenvalue weighted by atomic mass is 16.3. The Morgan fingerprint density at radius 3 is 1.70 bits per heavy atom. The number of nitrogens with zero attached hydrogens (tertiary/aromatic N) is 2. The van der Waals surface area contributed by atoms with Crippen molar-refractivity contribution in [1.29, 1.82) is 0 Å². The number of rotatable bonds is 7. The maximum absolute atomic E-state index is 10.4. The van der Waals surface area contributed by atoms with E-state index in [-0.39, 0.29) is 0 Å². The largest absolute Gasteiger partial charge is 0.456 e. The molecule has 11 aromatic rings. The first-order chi connectivity index (χ1) is 43.3. The van der Waals surface area contributed by atoms with Crippen LogP contribution in [0.1, 0.15) is 49.3 Å². The SMILES string of the molecule is [2H]c1c([2H])c([2H])c(-c2c([2H])c([2H])c(N(c3c([2H])c([2H])c4c(oc5c([2H])c([2H])c([2H])c([2H])c54)c3[2H])c3c([2H])c([2H])c([2H])c4c3c3c([2H])c(-c5c([2H])c([2H])c([2H])c([2H])c5[2H])c([2H])c(-c5c([2H])c([2H])c([2H])c([2H])c5[2H])c3n4-c3c([2H])c([2H])c([2H])c([2H])c3[2H])c([2H])c2[2H])c([2H])c1[2H]. The number of furan rings is 1. The van der Waals surface area contributed by atoms with Gasteiger partial charge in [0.1, 0.15) is 11.2 Å². The van der Waals surface area contributed by atoms with Gasteiger partial charge in [-0.25, -0.2) is 0 Å². The van der Waals surface area contributed by atoms with Crippen LogP contribution in [0.15, 0.2) is 222 Å². The molecular formula is C54H36N2O. The molecule has 0 saturated carbocycles. The van der Waals surface area contributed by atoms with E-state index in [9.17, 15) is 24.7 Å². The van der Waals surface area contributed by atoms with E-state index in [1.807, 2.05) is 0 Å². The van der Waals surface area contributed by atoms with E-state index >= 15 is 0 Å². The van der Waals surface area contributed by atoms with Crippen molar-refractivity contribution in [1.82, 2.24) is 4.57 Å². The molecule has 2 heterocycles. The summed E-state index contributed by atoms with van der Waals surface area (Å²) in [6, 6.07) is -41.3. The molecule has 0 spiro atoms. The fourth-order valence-corrected chi connectivity index (χ4v) is 6.29. The molecule has 0 aliphatic carbocycles. The Balaban J connectivity index is 1.53. The van der Waals surface area contributed by atoms with Crippen molar-refractivity contribution in [2.45, 2.75) is 0 Å². The van der Waals surface area contributed by atoms with E-state index in [0.29, 0.717) is 9.47 Å². The van der Waals surface area contributed by atoms with E-state index in [1.54, 1.807) is 0 Å². The first-order valence-electron chi connectivity index (χ1n) is 34.5. The first kappa shape index (κ1) is 12.7. The number of para-hydroxylation sites is 2. The number of aromatic nitrogens is 1. The van der Waals surface area contributed by atoms with Crippen LogP contribution in [0.25, 0.3) is 82.8 Å². The molecule has 0 atom stereocenters. The van der Waals surface area contributed by atoms with Gasteiger partial charge in [0.05, 0.1) is 66.1 Å². The lowest BCUT2D eigenvalue weighted by molar-refractivity contribution is 0.669. The Hall–Kier alpha value is -7.62. The van der Waals surface area contributed by atoms with Crippen LogP contribution in [0.5, 0.6) is 0 Å². The molecule has 0 unspecified atom stereocenters. The smallest absolute Gasteiger partial charge is 0.137 e. The zero-order valence-corrected chi connectivity index (χ0v) is 28.3. The quantitative estimate of drug-likeness (QED) is 0.161. The number of hydrogen-bond donors (Lipinski definition) is 0. The minimum atomic E-state index is -1.39. The van der Waals surface area contributed by atoms with Crippen LogP contribution in [0.3, 0.4) is 0 Å². The lowest BCUT2D eigenvalue weighted by Crippen LogP contribution is -2.10. The Morgan fingerprint density at radius 2 is 0.982 bits per heavy atom. The monoisotopic (exact) mass is 765 g/mol. The summed E-state index contributed by atoms with van der Waals surface area (Å²) < 4.78 is 337. The molecule has 57 heavy (non-hydrogen) atoms. The fourth-order valence-electron chi connectivity index (χ4n) is 6.29. The van der Waals surface area contributed by atoms with Crippen LogP contribution in [0.4, 0.5) is 17.1 Å². The highest BCUT2D eigenvalue weighted by molar-refractivity contribution is 6.21. The second kappa shape index (κ2) is 13.6. The summed E-state index contributed by atoms with van der Waals surface area (Å²) >= 11 is 0. The van der Waals surface area contributed by atoms with E-state index in [4.69, 9.17) is 29.1 Å². The number of hydrogen-bond acceptors (Lipinski definition) is 2. The van der Waals surface area contributed by atoms with Crippen LogP contribution in [0, 0.1) is 0 Å². The Bertz CT molecular complexity index is 5220. The summed E-state index contributed by atoms with van der Waals surface area (Å²) in [6.45, 7) is 0. The van der Waals surface area contributed by atoms with Gasteiger partial charge in [-0.1, -0.05) is 145 Å². The predicted octanol–water partition coefficient (Wildman–Crippen LogP) is 15.2. The second-order valence-corrected chi connectivity index (χ2v) is 11.8. The average molecular weight is 765 g/mol. The molecule has 0 saturated heterocycles. The van der Waals surface area contributed by atoms with E-state index < -0.39 is 317 Å². The van der Waals surface area contributed by atoms with E-state index in [2.05, 4.69) is 0 Å². The summed E-state index contributed by atoms with van der Waals surface area (Å²) in [4.78, 5) is 0.313. The molecule has 0 N–H and O–H groups in total. The fraction of sp³-hybridized carbons (Fsp3) is 0. The normalized spacial score (nSPS) is 20.4. The van der Waals surface area contributed by atoms with Gasteiger partial charge in [0.15, 0.2) is 0 Å². The van der Waals surface area contributed by atoms with Gasteiger partial charge in [0.2, 0.25) is 0 Å². The second-order valence-electron chi connectivity index (χ2n) is 11.8. The van der Waals surface area contributed by atoms with Gasteiger partial charge in [0.25, 0.3) is 0 Å². The van der Waals surface area contributed by atoms with Crippen LogP contribution < -0.4 is 4.90 Å². The van der Waals surface area contributed by atoms with Gasteiger partial charge in [-0.05, 0) is 94.3 Å². The number of anilines is 3. The highest BCUT2D eigenvalue weighted by Gasteiger charge is 2.24. The molecule has 11 rings (SSSR count). The summed E-state index contributed by atoms with van der Waals surface area (Å²) in [6.07, 6.45) is 0. The van der Waals surface area contributed by atoms with Gasteiger partial charge in [-0.2, -0.15) is 0 Å². The Kier molecular flexibility index (Phi) is 3.03. The minimum absolute atomic E-state index is 0.313. The van der Waals surface area contributed by atoms with Crippen molar-refractivity contribution < 1.29 is 53.8 Å². The van der Waals surface area contributed by atoms with Crippen LogP contribution >= 0.6 is 0 Å². The van der Waals surface area contributed by atoms with Crippen LogP contribution in [0.2, 0.25) is 0 Å². The predicted molar refractivity (Wildman–Crippen MR) is 239 cm³/mol. The van der Waals surface area contributed by atoms with Crippen molar-refractivity contribution in [2.24, 2.45) is 0 Å². The lowest BCUT2D eigenvalue weighted by atomic mass is 9.95. The van der Waals surface area contributed by atoms with Crippen molar-refractivity contribution in [2.75, 3.05) is 4.90 Å². The molecule has 3 nitrogen and oxygen atoms in total. The van der Waals surface area contributed by atoms with Gasteiger partial charge >= 0.3 is 0 Å². The van der Waals surface area contributed by atoms with Crippen molar-refractivity contribution in [3.8, 4) is 39.1 Å². The third kappa shape index (κ3) is 5.60. The molecule has 0 amide bonds. The minimum Gasteiger partial charge on any atom is -0.456 e. The van der Waals surface area contributed by atoms with Crippen molar-refractivity contribution in [3.05, 3.63) is 218 Å². The zero-order chi connectivity index (χ0) is 69.0. The van der Waals surface area contributed by atoms with E-state index in [0.717, 1.165) is 0 Å². The standard InChI is InChI=1S/C54H36N2O/c1-5-16-37(17-6-1)39-28-30-43(31-29-39)55(44-32-33-46-45-24-13-14-27-51(45)57-52(46)36-44)49-25-15-26-50-53(49)48-35-41(38-18-7-2-8-19-38)34-47(40-20-9-3-10-21-40)54(48)56(50)42-22-11-4-12-23-42/h1-36H/i1D,2D,3D,4D,5D,6D,7D,8D,9D,10D,11D,12D,13D,14D,15D,16D,17D,18D,19D,20D,21D,22D,23D,24D,25D,26D,27D,28D,29D,30D,31D,32D,33D,34D,35D,36D. The average Bonchev–Trinajstić information content (AvgIpc) is 1.56. The molecule has 0 aliphatic heterocycles. The van der Waals surface area contributed by atoms with Crippen LogP contribution in [-0.2, 0) is 0 Å². The third-order valence-electron chi connectivity index (χ3n) is 8.62. The Labute approximate surface area is 381 Å². The highest BCUT2D eigenvalue weighted by Crippen LogP contribution is 2.48. The first-order valence-corrected chi connectivity index (χ1v) is 16.5. The maximum atomic E-state index is 10.4. The molecule has 0 fully saturated rings. The summed E-state index contributed by atoms with van der Waals surface area (Å²) in [5.74, 6) is 0. The van der Waals surface area contributed by atoms with Gasteiger partial charge in [-0.3, -0.25) is 0 Å². The molecule has 0 aliphatic rings. The number of fused-ring (bicyclic) bond motifs is 6. The number of benzene rings is 9. The zero-order valence-electron chi connectivity index (χ0n) is 64.3. The van der Waals surface area contributed by atoms with Gasteiger partial charge < -0.3 is 13.9 Å². The summed E-state index contributed by atoms with van der Waals surface area (Å²) in [5.41, 5.74) is -14.8. The summed E-state index contributed by atoms with van der Waals surface area (Å²) in [5, 5.41) is -3.36. The molecular weight excluding hydrogens is 693 g/mol. The molecule has 9 aromatic carbocycles. The van der Waals surface area contributed by atoms with Gasteiger partial charge in [-0.15, -0.1) is 0 Å². The molecule has 268 valence electrons. The maximum Gasteiger partial charge on any atom is 0.137 e. The third-order valence-corrected chi connectivity index (χ3v) is 8.62. The van der Waals surface area contributed by atoms with Gasteiger partial charge in [0, 0.05) is 50.2 Å². The Morgan fingerprint density at radius 1 is 0.404 bits per heavy atom. The van der Waals surface area contributed by atoms with Crippen LogP contribution in [-0.4, -0.2) is 4.57 Å². The topological polar surface area (TPSA) is 21.3 Å². The lowest BCUT2D eigenvalue weighted by Gasteiger charge is -2.27. The molecule has 0 bridgehead atoms. The molecule has 3 heteroatoms. The van der Waals surface area contributed by atoms with Crippen molar-refractivity contribution in [3.63, 3.8) is 0 Å². The summed E-state index contributed by atoms with van der Waals surface area (Å²) in [7, 11) is 0. The molecule has 2 aromatic heterocycles.